The predicted molar refractivity (Wildman–Crippen MR) is 108 cm³/mol. The first-order valence-electron chi connectivity index (χ1n) is 9.10. The molecule has 2 aromatic rings. The second-order valence-corrected chi connectivity index (χ2v) is 7.23. The highest BCUT2D eigenvalue weighted by molar-refractivity contribution is 6.31. The van der Waals surface area contributed by atoms with Gasteiger partial charge in [0.1, 0.15) is 5.82 Å². The minimum absolute atomic E-state index is 0.195. The number of benzene rings is 2. The van der Waals surface area contributed by atoms with Crippen LogP contribution in [0.15, 0.2) is 35.9 Å². The zero-order valence-corrected chi connectivity index (χ0v) is 17.4. The molecular weight excluding hydrogens is 406 g/mol. The number of amides is 1. The van der Waals surface area contributed by atoms with Crippen LogP contribution in [-0.4, -0.2) is 12.5 Å². The van der Waals surface area contributed by atoms with Crippen molar-refractivity contribution in [2.75, 3.05) is 6.54 Å². The van der Waals surface area contributed by atoms with Crippen LogP contribution in [0.5, 0.6) is 0 Å². The molecule has 29 heavy (non-hydrogen) atoms. The van der Waals surface area contributed by atoms with Crippen molar-refractivity contribution >= 4 is 23.1 Å². The van der Waals surface area contributed by atoms with Crippen LogP contribution in [0.4, 0.5) is 17.6 Å². The predicted octanol–water partition coefficient (Wildman–Crippen LogP) is 6.79. The normalized spacial score (nSPS) is 12.6. The Morgan fingerprint density at radius 3 is 2.38 bits per heavy atom. The summed E-state index contributed by atoms with van der Waals surface area (Å²) in [5.41, 5.74) is 1.54. The van der Waals surface area contributed by atoms with Gasteiger partial charge in [-0.3, -0.25) is 4.79 Å². The maximum Gasteiger partial charge on any atom is 0.417 e. The van der Waals surface area contributed by atoms with Crippen LogP contribution in [0.2, 0.25) is 5.02 Å². The summed E-state index contributed by atoms with van der Waals surface area (Å²) in [7, 11) is 0. The molecule has 156 valence electrons. The van der Waals surface area contributed by atoms with Crippen LogP contribution >= 0.6 is 11.6 Å². The second kappa shape index (κ2) is 8.99. The molecule has 7 heteroatoms. The maximum atomic E-state index is 14.4. The average molecular weight is 428 g/mol. The van der Waals surface area contributed by atoms with Gasteiger partial charge in [-0.1, -0.05) is 24.6 Å². The average Bonchev–Trinajstić information content (AvgIpc) is 2.66. The second-order valence-electron chi connectivity index (χ2n) is 6.82. The van der Waals surface area contributed by atoms with Gasteiger partial charge in [0.2, 0.25) is 5.91 Å². The molecule has 0 saturated carbocycles. The van der Waals surface area contributed by atoms with E-state index in [0.29, 0.717) is 34.4 Å². The van der Waals surface area contributed by atoms with Crippen molar-refractivity contribution in [2.45, 2.75) is 40.3 Å². The van der Waals surface area contributed by atoms with Crippen molar-refractivity contribution < 1.29 is 22.4 Å². The maximum absolute atomic E-state index is 14.4. The number of allylic oxidation sites excluding steroid dienone is 1. The van der Waals surface area contributed by atoms with Crippen molar-refractivity contribution in [2.24, 2.45) is 0 Å². The summed E-state index contributed by atoms with van der Waals surface area (Å²) in [6.45, 7) is 7.45. The van der Waals surface area contributed by atoms with Crippen LogP contribution in [0.3, 0.4) is 0 Å². The first kappa shape index (κ1) is 22.9. The number of carbonyl (C=O) groups is 1. The fraction of sp³-hybridized carbons (Fsp3) is 0.318. The first-order chi connectivity index (χ1) is 13.5. The molecule has 2 aromatic carbocycles. The summed E-state index contributed by atoms with van der Waals surface area (Å²) in [6.07, 6.45) is -3.85. The lowest BCUT2D eigenvalue weighted by atomic mass is 9.90. The monoisotopic (exact) mass is 427 g/mol. The zero-order chi connectivity index (χ0) is 21.9. The number of rotatable bonds is 5. The van der Waals surface area contributed by atoms with Crippen molar-refractivity contribution in [1.29, 1.82) is 0 Å². The lowest BCUT2D eigenvalue weighted by molar-refractivity contribution is -0.137. The van der Waals surface area contributed by atoms with Gasteiger partial charge >= 0.3 is 6.18 Å². The van der Waals surface area contributed by atoms with Crippen LogP contribution < -0.4 is 5.32 Å². The van der Waals surface area contributed by atoms with Gasteiger partial charge in [0.15, 0.2) is 0 Å². The van der Waals surface area contributed by atoms with Gasteiger partial charge in [-0.15, -0.1) is 0 Å². The van der Waals surface area contributed by atoms with E-state index < -0.39 is 22.6 Å². The number of hydrogen-bond donors (Lipinski definition) is 1. The van der Waals surface area contributed by atoms with Crippen LogP contribution in [0, 0.1) is 12.7 Å². The highest BCUT2D eigenvalue weighted by Gasteiger charge is 2.33. The van der Waals surface area contributed by atoms with E-state index in [1.807, 2.05) is 6.92 Å². The fourth-order valence-corrected chi connectivity index (χ4v) is 3.25. The van der Waals surface area contributed by atoms with Crippen molar-refractivity contribution in [3.05, 3.63) is 63.4 Å². The molecule has 2 nitrogen and oxygen atoms in total. The Morgan fingerprint density at radius 1 is 1.14 bits per heavy atom. The standard InChI is InChI=1S/C22H22ClF4NO/c1-5-8-28-21(29)13(3)12(2)17-10-16(24)11-18(14(17)4)15-6-7-20(23)19(9-15)22(25,26)27/h6-7,9-11H,5,8H2,1-4H3,(H,28,29)/b13-12+. The molecule has 0 heterocycles. The molecule has 1 N–H and O–H groups in total. The smallest absolute Gasteiger partial charge is 0.352 e. The molecule has 0 bridgehead atoms. The van der Waals surface area contributed by atoms with Crippen LogP contribution in [0.1, 0.15) is 43.9 Å². The van der Waals surface area contributed by atoms with E-state index in [9.17, 15) is 22.4 Å². The summed E-state index contributed by atoms with van der Waals surface area (Å²) < 4.78 is 54.0. The Hall–Kier alpha value is -2.34. The summed E-state index contributed by atoms with van der Waals surface area (Å²) in [5, 5.41) is 2.34. The quantitative estimate of drug-likeness (QED) is 0.413. The van der Waals surface area contributed by atoms with Gasteiger partial charge in [-0.05, 0) is 79.3 Å². The summed E-state index contributed by atoms with van der Waals surface area (Å²) in [5.74, 6) is -0.870. The number of hydrogen-bond acceptors (Lipinski definition) is 1. The minimum atomic E-state index is -4.62. The molecule has 0 unspecified atom stereocenters. The molecule has 0 radical (unpaired) electrons. The van der Waals surface area contributed by atoms with Gasteiger partial charge in [0.25, 0.3) is 0 Å². The van der Waals surface area contributed by atoms with Crippen molar-refractivity contribution in [3.63, 3.8) is 0 Å². The number of halogens is 5. The topological polar surface area (TPSA) is 29.1 Å². The summed E-state index contributed by atoms with van der Waals surface area (Å²) in [6, 6.07) is 5.94. The van der Waals surface area contributed by atoms with Crippen molar-refractivity contribution in [1.82, 2.24) is 5.32 Å². The van der Waals surface area contributed by atoms with Gasteiger partial charge < -0.3 is 5.32 Å². The molecule has 0 aliphatic rings. The summed E-state index contributed by atoms with van der Waals surface area (Å²) in [4.78, 5) is 12.3. The lowest BCUT2D eigenvalue weighted by Crippen LogP contribution is -2.25. The molecule has 0 spiro atoms. The van der Waals surface area contributed by atoms with E-state index in [2.05, 4.69) is 5.32 Å². The van der Waals surface area contributed by atoms with E-state index >= 15 is 0 Å². The fourth-order valence-electron chi connectivity index (χ4n) is 3.02. The van der Waals surface area contributed by atoms with E-state index in [1.165, 1.54) is 18.2 Å². The van der Waals surface area contributed by atoms with Gasteiger partial charge in [-0.25, -0.2) is 4.39 Å². The minimum Gasteiger partial charge on any atom is -0.352 e. The third kappa shape index (κ3) is 5.18. The highest BCUT2D eigenvalue weighted by atomic mass is 35.5. The molecule has 0 aromatic heterocycles. The Balaban J connectivity index is 2.62. The molecule has 2 rings (SSSR count). The van der Waals surface area contributed by atoms with E-state index in [0.717, 1.165) is 18.6 Å². The van der Waals surface area contributed by atoms with Crippen LogP contribution in [0.25, 0.3) is 16.7 Å². The van der Waals surface area contributed by atoms with Crippen LogP contribution in [-0.2, 0) is 11.0 Å². The first-order valence-corrected chi connectivity index (χ1v) is 9.48. The number of nitrogens with one attached hydrogen (secondary N) is 1. The third-order valence-corrected chi connectivity index (χ3v) is 5.13. The SMILES string of the molecule is CCCNC(=O)/C(C)=C(\C)c1cc(F)cc(-c2ccc(Cl)c(C(F)(F)F)c2)c1C. The molecule has 0 aliphatic heterocycles. The molecule has 0 fully saturated rings. The van der Waals surface area contributed by atoms with Gasteiger partial charge in [-0.2, -0.15) is 13.2 Å². The Bertz CT molecular complexity index is 964. The van der Waals surface area contributed by atoms with E-state index in [-0.39, 0.29) is 11.5 Å². The molecule has 0 aliphatic carbocycles. The third-order valence-electron chi connectivity index (χ3n) is 4.80. The zero-order valence-electron chi connectivity index (χ0n) is 16.6. The van der Waals surface area contributed by atoms with Gasteiger partial charge in [0.05, 0.1) is 10.6 Å². The molecule has 0 atom stereocenters. The largest absolute Gasteiger partial charge is 0.417 e. The van der Waals surface area contributed by atoms with Gasteiger partial charge in [0, 0.05) is 12.1 Å². The Kier molecular flexibility index (Phi) is 7.11. The lowest BCUT2D eigenvalue weighted by Gasteiger charge is -2.17. The summed E-state index contributed by atoms with van der Waals surface area (Å²) >= 11 is 5.69. The molecule has 1 amide bonds. The van der Waals surface area contributed by atoms with E-state index in [1.54, 1.807) is 20.8 Å². The van der Waals surface area contributed by atoms with E-state index in [4.69, 9.17) is 11.6 Å². The Labute approximate surface area is 172 Å². The highest BCUT2D eigenvalue weighted by Crippen LogP contribution is 2.39. The Morgan fingerprint density at radius 2 is 1.79 bits per heavy atom. The molecule has 0 saturated heterocycles. The molecular formula is C22H22ClF4NO. The number of carbonyl (C=O) groups excluding carboxylic acids is 1. The number of alkyl halides is 3. The van der Waals surface area contributed by atoms with Crippen molar-refractivity contribution in [3.8, 4) is 11.1 Å².